The number of halogens is 3. The average molecular weight is 414 g/mol. The maximum Gasteiger partial charge on any atom is 0.341 e. The van der Waals surface area contributed by atoms with Crippen molar-refractivity contribution in [1.29, 1.82) is 0 Å². The molecular formula is C19H22ClF2N3O3. The molecule has 2 bridgehead atoms. The van der Waals surface area contributed by atoms with E-state index in [9.17, 15) is 19.1 Å². The van der Waals surface area contributed by atoms with E-state index in [1.807, 2.05) is 7.05 Å². The number of carboxylic acids is 1. The molecule has 2 atom stereocenters. The number of benzene rings is 1. The third-order valence-corrected chi connectivity index (χ3v) is 5.89. The number of piperazine rings is 1. The highest BCUT2D eigenvalue weighted by Crippen LogP contribution is 2.37. The quantitative estimate of drug-likeness (QED) is 0.838. The first-order chi connectivity index (χ1) is 12.8. The van der Waals surface area contributed by atoms with E-state index < -0.39 is 28.6 Å². The third-order valence-electron chi connectivity index (χ3n) is 5.89. The van der Waals surface area contributed by atoms with Crippen LogP contribution >= 0.6 is 12.4 Å². The van der Waals surface area contributed by atoms with Crippen LogP contribution in [0.15, 0.2) is 17.1 Å². The lowest BCUT2D eigenvalue weighted by atomic mass is 9.90. The fourth-order valence-electron chi connectivity index (χ4n) is 4.45. The lowest BCUT2D eigenvalue weighted by molar-refractivity contribution is 0.0695. The van der Waals surface area contributed by atoms with E-state index >= 15 is 4.39 Å². The van der Waals surface area contributed by atoms with Crippen molar-refractivity contribution in [1.82, 2.24) is 9.47 Å². The van der Waals surface area contributed by atoms with Gasteiger partial charge in [-0.15, -0.1) is 12.4 Å². The van der Waals surface area contributed by atoms with Crippen LogP contribution in [-0.2, 0) is 6.54 Å². The standard InChI is InChI=1S/C19H21F2N3O3.ClH/c1-3-23-9-13(19(26)27)18(25)12-6-14(20)17(15(21)16(12)23)24-8-10-4-5-11(24)7-22(10)2;/h6,9-11H,3-5,7-8H2,1-2H3,(H,26,27);1H. The van der Waals surface area contributed by atoms with Gasteiger partial charge >= 0.3 is 5.97 Å². The summed E-state index contributed by atoms with van der Waals surface area (Å²) >= 11 is 0. The highest BCUT2D eigenvalue weighted by atomic mass is 35.5. The molecule has 0 spiro atoms. The number of aryl methyl sites for hydroxylation is 1. The molecule has 1 aromatic heterocycles. The molecular weight excluding hydrogens is 392 g/mol. The van der Waals surface area contributed by atoms with Gasteiger partial charge in [0.2, 0.25) is 5.43 Å². The van der Waals surface area contributed by atoms with E-state index in [1.165, 1.54) is 4.57 Å². The van der Waals surface area contributed by atoms with Gasteiger partial charge in [-0.3, -0.25) is 9.69 Å². The first-order valence-electron chi connectivity index (χ1n) is 9.08. The van der Waals surface area contributed by atoms with Crippen LogP contribution in [-0.4, -0.2) is 52.8 Å². The fraction of sp³-hybridized carbons (Fsp3) is 0.474. The molecule has 2 aromatic rings. The fourth-order valence-corrected chi connectivity index (χ4v) is 4.45. The Morgan fingerprint density at radius 3 is 2.46 bits per heavy atom. The number of rotatable bonds is 3. The number of nitrogens with zero attached hydrogens (tertiary/aromatic N) is 3. The van der Waals surface area contributed by atoms with E-state index in [0.717, 1.165) is 31.6 Å². The number of pyridine rings is 1. The minimum absolute atomic E-state index is 0. The van der Waals surface area contributed by atoms with Gasteiger partial charge in [-0.25, -0.2) is 13.6 Å². The van der Waals surface area contributed by atoms with Crippen LogP contribution in [0, 0.1) is 11.6 Å². The van der Waals surface area contributed by atoms with Crippen molar-refractivity contribution in [3.05, 3.63) is 39.7 Å². The molecule has 1 N–H and O–H groups in total. The Balaban J connectivity index is 0.00000225. The largest absolute Gasteiger partial charge is 0.477 e. The summed E-state index contributed by atoms with van der Waals surface area (Å²) in [6.07, 6.45) is 2.99. The second-order valence-electron chi connectivity index (χ2n) is 7.36. The van der Waals surface area contributed by atoms with Gasteiger partial charge in [0.25, 0.3) is 0 Å². The zero-order valence-corrected chi connectivity index (χ0v) is 16.4. The molecule has 3 aliphatic heterocycles. The van der Waals surface area contributed by atoms with Gasteiger partial charge in [0.1, 0.15) is 17.1 Å². The third kappa shape index (κ3) is 2.95. The lowest BCUT2D eigenvalue weighted by Crippen LogP contribution is -2.61. The van der Waals surface area contributed by atoms with Crippen LogP contribution in [0.2, 0.25) is 0 Å². The predicted octanol–water partition coefficient (Wildman–Crippen LogP) is 2.70. The topological polar surface area (TPSA) is 65.8 Å². The van der Waals surface area contributed by atoms with E-state index in [1.54, 1.807) is 11.8 Å². The average Bonchev–Trinajstić information content (AvgIpc) is 2.63. The maximum atomic E-state index is 15.5. The number of hydrogen-bond acceptors (Lipinski definition) is 4. The summed E-state index contributed by atoms with van der Waals surface area (Å²) in [4.78, 5) is 27.8. The molecule has 0 radical (unpaired) electrons. The van der Waals surface area contributed by atoms with Crippen LogP contribution < -0.4 is 10.3 Å². The molecule has 0 aliphatic carbocycles. The summed E-state index contributed by atoms with van der Waals surface area (Å²) < 4.78 is 31.8. The molecule has 152 valence electrons. The number of hydrogen-bond donors (Lipinski definition) is 1. The number of aromatic carboxylic acids is 1. The predicted molar refractivity (Wildman–Crippen MR) is 105 cm³/mol. The van der Waals surface area contributed by atoms with Crippen molar-refractivity contribution < 1.29 is 18.7 Å². The van der Waals surface area contributed by atoms with E-state index in [-0.39, 0.29) is 47.6 Å². The SMILES string of the molecule is CCn1cc(C(=O)O)c(=O)c2cc(F)c(N3CC4CCC3CN4C)c(F)c21.Cl. The van der Waals surface area contributed by atoms with Crippen molar-refractivity contribution in [3.8, 4) is 0 Å². The van der Waals surface area contributed by atoms with Gasteiger partial charge in [-0.1, -0.05) is 0 Å². The number of likely N-dealkylation sites (N-methyl/N-ethyl adjacent to an activating group) is 1. The summed E-state index contributed by atoms with van der Waals surface area (Å²) in [5.74, 6) is -3.03. The van der Waals surface area contributed by atoms with Crippen molar-refractivity contribution in [2.45, 2.75) is 38.4 Å². The normalized spacial score (nSPS) is 21.8. The summed E-state index contributed by atoms with van der Waals surface area (Å²) in [6, 6.07) is 1.24. The molecule has 1 aromatic carbocycles. The van der Waals surface area contributed by atoms with Crippen molar-refractivity contribution in [2.75, 3.05) is 25.0 Å². The second-order valence-corrected chi connectivity index (χ2v) is 7.36. The molecule has 2 unspecified atom stereocenters. The first kappa shape index (κ1) is 20.5. The van der Waals surface area contributed by atoms with Crippen molar-refractivity contribution in [3.63, 3.8) is 0 Å². The molecule has 5 rings (SSSR count). The number of piperidine rings is 2. The molecule has 4 heterocycles. The Labute approximate surface area is 166 Å². The van der Waals surface area contributed by atoms with Crippen LogP contribution in [0.5, 0.6) is 0 Å². The molecule has 0 amide bonds. The van der Waals surface area contributed by atoms with Crippen LogP contribution in [0.4, 0.5) is 14.5 Å². The van der Waals surface area contributed by atoms with Gasteiger partial charge in [0.05, 0.1) is 10.9 Å². The highest BCUT2D eigenvalue weighted by Gasteiger charge is 2.39. The van der Waals surface area contributed by atoms with E-state index in [4.69, 9.17) is 0 Å². The van der Waals surface area contributed by atoms with Crippen LogP contribution in [0.3, 0.4) is 0 Å². The second kappa shape index (κ2) is 7.33. The van der Waals surface area contributed by atoms with Gasteiger partial charge < -0.3 is 14.6 Å². The number of carboxylic acid groups (broad SMARTS) is 1. The van der Waals surface area contributed by atoms with Gasteiger partial charge in [-0.05, 0) is 32.9 Å². The smallest absolute Gasteiger partial charge is 0.341 e. The maximum absolute atomic E-state index is 15.5. The van der Waals surface area contributed by atoms with Gasteiger partial charge in [-0.2, -0.15) is 0 Å². The minimum atomic E-state index is -1.41. The minimum Gasteiger partial charge on any atom is -0.477 e. The van der Waals surface area contributed by atoms with Crippen LogP contribution in [0.1, 0.15) is 30.1 Å². The Kier molecular flexibility index (Phi) is 5.38. The van der Waals surface area contributed by atoms with E-state index in [2.05, 4.69) is 4.90 Å². The highest BCUT2D eigenvalue weighted by molar-refractivity contribution is 5.94. The summed E-state index contributed by atoms with van der Waals surface area (Å²) in [7, 11) is 2.02. The summed E-state index contributed by atoms with van der Waals surface area (Å²) in [6.45, 7) is 3.24. The van der Waals surface area contributed by atoms with E-state index in [0.29, 0.717) is 6.54 Å². The number of anilines is 1. The zero-order valence-electron chi connectivity index (χ0n) is 15.6. The molecule has 0 saturated carbocycles. The number of aromatic nitrogens is 1. The molecule has 9 heteroatoms. The molecule has 28 heavy (non-hydrogen) atoms. The van der Waals surface area contributed by atoms with Crippen molar-refractivity contribution >= 4 is 35.0 Å². The zero-order chi connectivity index (χ0) is 19.5. The van der Waals surface area contributed by atoms with Gasteiger partial charge in [0, 0.05) is 37.9 Å². The monoisotopic (exact) mass is 413 g/mol. The Morgan fingerprint density at radius 2 is 1.93 bits per heavy atom. The summed E-state index contributed by atoms with van der Waals surface area (Å²) in [5, 5.41) is 8.98. The van der Waals surface area contributed by atoms with Gasteiger partial charge in [0.15, 0.2) is 5.82 Å². The van der Waals surface area contributed by atoms with Crippen LogP contribution in [0.25, 0.3) is 10.9 Å². The number of carbonyl (C=O) groups is 1. The molecule has 6 nitrogen and oxygen atoms in total. The first-order valence-corrected chi connectivity index (χ1v) is 9.08. The molecule has 3 aliphatic rings. The van der Waals surface area contributed by atoms with Crippen molar-refractivity contribution in [2.24, 2.45) is 0 Å². The lowest BCUT2D eigenvalue weighted by Gasteiger charge is -2.51. The molecule has 3 fully saturated rings. The Bertz CT molecular complexity index is 1010. The Hall–Kier alpha value is -2.19. The Morgan fingerprint density at radius 1 is 1.25 bits per heavy atom. The molecule has 3 saturated heterocycles. The summed E-state index contributed by atoms with van der Waals surface area (Å²) in [5.41, 5.74) is -1.52. The number of fused-ring (bicyclic) bond motifs is 4.